The zero-order valence-electron chi connectivity index (χ0n) is 12.7. The first-order valence-electron chi connectivity index (χ1n) is 7.84. The van der Waals surface area contributed by atoms with Gasteiger partial charge in [0.2, 0.25) is 0 Å². The van der Waals surface area contributed by atoms with Crippen molar-refractivity contribution >= 4 is 11.6 Å². The zero-order chi connectivity index (χ0) is 15.2. The van der Waals surface area contributed by atoms with Crippen molar-refractivity contribution in [3.63, 3.8) is 0 Å². The van der Waals surface area contributed by atoms with Gasteiger partial charge in [-0.05, 0) is 55.8 Å². The third kappa shape index (κ3) is 3.92. The normalized spacial score (nSPS) is 15.5. The van der Waals surface area contributed by atoms with Crippen LogP contribution in [0, 0.1) is 0 Å². The lowest BCUT2D eigenvalue weighted by Crippen LogP contribution is -2.29. The minimum Gasteiger partial charge on any atom is -0.321 e. The van der Waals surface area contributed by atoms with Gasteiger partial charge in [-0.1, -0.05) is 18.6 Å². The average Bonchev–Trinajstić information content (AvgIpc) is 2.57. The van der Waals surface area contributed by atoms with E-state index in [1.165, 1.54) is 37.9 Å². The number of piperidine rings is 1. The Kier molecular flexibility index (Phi) is 4.81. The van der Waals surface area contributed by atoms with Crippen molar-refractivity contribution in [1.82, 2.24) is 9.88 Å². The number of likely N-dealkylation sites (tertiary alicyclic amines) is 1. The Morgan fingerprint density at radius 3 is 2.55 bits per heavy atom. The number of rotatable bonds is 4. The summed E-state index contributed by atoms with van der Waals surface area (Å²) in [6, 6.07) is 11.5. The monoisotopic (exact) mass is 295 g/mol. The Morgan fingerprint density at radius 2 is 1.86 bits per heavy atom. The van der Waals surface area contributed by atoms with E-state index in [2.05, 4.69) is 15.2 Å². The van der Waals surface area contributed by atoms with Crippen molar-refractivity contribution in [1.29, 1.82) is 0 Å². The number of nitrogens with one attached hydrogen (secondary N) is 1. The minimum atomic E-state index is -0.0995. The van der Waals surface area contributed by atoms with Crippen LogP contribution < -0.4 is 5.32 Å². The van der Waals surface area contributed by atoms with Crippen molar-refractivity contribution in [2.45, 2.75) is 25.8 Å². The molecule has 1 aliphatic heterocycles. The summed E-state index contributed by atoms with van der Waals surface area (Å²) in [6.07, 6.45) is 7.27. The third-order valence-corrected chi connectivity index (χ3v) is 3.99. The third-order valence-electron chi connectivity index (χ3n) is 3.99. The molecule has 0 saturated carbocycles. The molecule has 0 aliphatic carbocycles. The van der Waals surface area contributed by atoms with E-state index in [1.54, 1.807) is 18.5 Å². The smallest absolute Gasteiger partial charge is 0.255 e. The van der Waals surface area contributed by atoms with Gasteiger partial charge in [0.15, 0.2) is 0 Å². The summed E-state index contributed by atoms with van der Waals surface area (Å²) >= 11 is 0. The SMILES string of the molecule is O=C(Nc1cccnc1)c1ccc(CN2CCCCC2)cc1. The van der Waals surface area contributed by atoms with Crippen LogP contribution in [0.3, 0.4) is 0 Å². The van der Waals surface area contributed by atoms with E-state index in [-0.39, 0.29) is 5.91 Å². The largest absolute Gasteiger partial charge is 0.321 e. The number of hydrogen-bond donors (Lipinski definition) is 1. The van der Waals surface area contributed by atoms with Crippen LogP contribution in [0.25, 0.3) is 0 Å². The van der Waals surface area contributed by atoms with E-state index < -0.39 is 0 Å². The van der Waals surface area contributed by atoms with Gasteiger partial charge in [-0.25, -0.2) is 0 Å². The van der Waals surface area contributed by atoms with Gasteiger partial charge in [0.25, 0.3) is 5.91 Å². The van der Waals surface area contributed by atoms with Crippen LogP contribution in [0.15, 0.2) is 48.8 Å². The molecule has 1 N–H and O–H groups in total. The first kappa shape index (κ1) is 14.7. The zero-order valence-corrected chi connectivity index (χ0v) is 12.7. The van der Waals surface area contributed by atoms with Crippen molar-refractivity contribution in [2.24, 2.45) is 0 Å². The van der Waals surface area contributed by atoms with Crippen LogP contribution in [0.5, 0.6) is 0 Å². The Morgan fingerprint density at radius 1 is 1.09 bits per heavy atom. The Labute approximate surface area is 131 Å². The second-order valence-corrected chi connectivity index (χ2v) is 5.73. The van der Waals surface area contributed by atoms with Crippen LogP contribution in [0.1, 0.15) is 35.2 Å². The quantitative estimate of drug-likeness (QED) is 0.941. The second kappa shape index (κ2) is 7.18. The molecule has 1 aromatic heterocycles. The number of pyridine rings is 1. The number of aromatic nitrogens is 1. The molecule has 2 heterocycles. The number of benzene rings is 1. The molecule has 0 spiro atoms. The van der Waals surface area contributed by atoms with Gasteiger partial charge in [0, 0.05) is 18.3 Å². The van der Waals surface area contributed by atoms with E-state index in [0.29, 0.717) is 11.3 Å². The predicted molar refractivity (Wildman–Crippen MR) is 87.8 cm³/mol. The summed E-state index contributed by atoms with van der Waals surface area (Å²) < 4.78 is 0. The highest BCUT2D eigenvalue weighted by molar-refractivity contribution is 6.04. The van der Waals surface area contributed by atoms with Crippen molar-refractivity contribution < 1.29 is 4.79 Å². The molecule has 4 nitrogen and oxygen atoms in total. The van der Waals surface area contributed by atoms with Crippen molar-refractivity contribution in [3.05, 3.63) is 59.9 Å². The molecule has 114 valence electrons. The summed E-state index contributed by atoms with van der Waals surface area (Å²) in [5.41, 5.74) is 2.65. The molecule has 1 amide bonds. The summed E-state index contributed by atoms with van der Waals surface area (Å²) in [6.45, 7) is 3.34. The topological polar surface area (TPSA) is 45.2 Å². The fourth-order valence-electron chi connectivity index (χ4n) is 2.78. The molecule has 2 aromatic rings. The molecule has 22 heavy (non-hydrogen) atoms. The lowest BCUT2D eigenvalue weighted by atomic mass is 10.1. The maximum atomic E-state index is 12.2. The Bertz CT molecular complexity index is 604. The highest BCUT2D eigenvalue weighted by Crippen LogP contribution is 2.14. The van der Waals surface area contributed by atoms with E-state index >= 15 is 0 Å². The van der Waals surface area contributed by atoms with Gasteiger partial charge in [0.05, 0.1) is 11.9 Å². The number of nitrogens with zero attached hydrogens (tertiary/aromatic N) is 2. The highest BCUT2D eigenvalue weighted by Gasteiger charge is 2.11. The first-order chi connectivity index (χ1) is 10.8. The minimum absolute atomic E-state index is 0.0995. The van der Waals surface area contributed by atoms with E-state index in [4.69, 9.17) is 0 Å². The molecule has 4 heteroatoms. The highest BCUT2D eigenvalue weighted by atomic mass is 16.1. The van der Waals surface area contributed by atoms with Gasteiger partial charge in [-0.3, -0.25) is 14.7 Å². The van der Waals surface area contributed by atoms with Crippen LogP contribution in [0.2, 0.25) is 0 Å². The van der Waals surface area contributed by atoms with Gasteiger partial charge in [0.1, 0.15) is 0 Å². The maximum absolute atomic E-state index is 12.2. The molecule has 1 aromatic carbocycles. The molecule has 0 unspecified atom stereocenters. The van der Waals surface area contributed by atoms with E-state index in [0.717, 1.165) is 6.54 Å². The standard InChI is InChI=1S/C18H21N3O/c22-18(20-17-5-4-10-19-13-17)16-8-6-15(7-9-16)14-21-11-2-1-3-12-21/h4-10,13H,1-3,11-12,14H2,(H,20,22). The van der Waals surface area contributed by atoms with Crippen molar-refractivity contribution in [2.75, 3.05) is 18.4 Å². The lowest BCUT2D eigenvalue weighted by molar-refractivity contribution is 0.102. The molecule has 1 aliphatic rings. The summed E-state index contributed by atoms with van der Waals surface area (Å²) in [4.78, 5) is 18.6. The van der Waals surface area contributed by atoms with Crippen LogP contribution >= 0.6 is 0 Å². The fourth-order valence-corrected chi connectivity index (χ4v) is 2.78. The average molecular weight is 295 g/mol. The lowest BCUT2D eigenvalue weighted by Gasteiger charge is -2.26. The van der Waals surface area contributed by atoms with Gasteiger partial charge in [-0.15, -0.1) is 0 Å². The van der Waals surface area contributed by atoms with E-state index in [1.807, 2.05) is 30.3 Å². The first-order valence-corrected chi connectivity index (χ1v) is 7.84. The molecule has 0 bridgehead atoms. The number of anilines is 1. The summed E-state index contributed by atoms with van der Waals surface area (Å²) in [7, 11) is 0. The second-order valence-electron chi connectivity index (χ2n) is 5.73. The molecule has 1 saturated heterocycles. The molecular formula is C18H21N3O. The van der Waals surface area contributed by atoms with Crippen LogP contribution in [0.4, 0.5) is 5.69 Å². The number of amides is 1. The van der Waals surface area contributed by atoms with Gasteiger partial charge >= 0.3 is 0 Å². The molecule has 3 rings (SSSR count). The fraction of sp³-hybridized carbons (Fsp3) is 0.333. The maximum Gasteiger partial charge on any atom is 0.255 e. The Balaban J connectivity index is 1.59. The predicted octanol–water partition coefficient (Wildman–Crippen LogP) is 3.32. The number of carbonyl (C=O) groups is 1. The molecular weight excluding hydrogens is 274 g/mol. The Hall–Kier alpha value is -2.20. The molecule has 1 fully saturated rings. The number of carbonyl (C=O) groups excluding carboxylic acids is 1. The number of hydrogen-bond acceptors (Lipinski definition) is 3. The van der Waals surface area contributed by atoms with E-state index in [9.17, 15) is 4.79 Å². The molecule has 0 radical (unpaired) electrons. The summed E-state index contributed by atoms with van der Waals surface area (Å²) in [5.74, 6) is -0.0995. The molecule has 0 atom stereocenters. The van der Waals surface area contributed by atoms with Gasteiger partial charge < -0.3 is 5.32 Å². The van der Waals surface area contributed by atoms with Gasteiger partial charge in [-0.2, -0.15) is 0 Å². The van der Waals surface area contributed by atoms with Crippen LogP contribution in [-0.4, -0.2) is 28.9 Å². The van der Waals surface area contributed by atoms with Crippen molar-refractivity contribution in [3.8, 4) is 0 Å². The summed E-state index contributed by atoms with van der Waals surface area (Å²) in [5, 5.41) is 2.85. The van der Waals surface area contributed by atoms with Crippen LogP contribution in [-0.2, 0) is 6.54 Å².